The summed E-state index contributed by atoms with van der Waals surface area (Å²) in [5.74, 6) is 1.52. The highest BCUT2D eigenvalue weighted by Gasteiger charge is 2.52. The van der Waals surface area contributed by atoms with Gasteiger partial charge in [0.15, 0.2) is 0 Å². The van der Waals surface area contributed by atoms with Gasteiger partial charge in [-0.1, -0.05) is 70.6 Å². The van der Waals surface area contributed by atoms with Gasteiger partial charge in [-0.05, 0) is 57.8 Å². The van der Waals surface area contributed by atoms with Crippen LogP contribution in [0.5, 0.6) is 0 Å². The van der Waals surface area contributed by atoms with Gasteiger partial charge in [-0.15, -0.1) is 0 Å². The SMILES string of the molecule is CCO[Si](OCC)(OCC(N)CC1CCCCC1)N(CC1CCCCC1)C1CCCCC1. The molecule has 3 aliphatic rings. The molecule has 1 unspecified atom stereocenters. The summed E-state index contributed by atoms with van der Waals surface area (Å²) in [6.07, 6.45) is 21.2. The predicted molar refractivity (Wildman–Crippen MR) is 134 cm³/mol. The Balaban J connectivity index is 1.72. The maximum absolute atomic E-state index is 6.77. The molecule has 1 atom stereocenters. The quantitative estimate of drug-likeness (QED) is 0.335. The summed E-state index contributed by atoms with van der Waals surface area (Å²) < 4.78 is 22.5. The van der Waals surface area contributed by atoms with Gasteiger partial charge in [0.25, 0.3) is 0 Å². The average Bonchev–Trinajstić information content (AvgIpc) is 2.83. The van der Waals surface area contributed by atoms with E-state index in [9.17, 15) is 0 Å². The van der Waals surface area contributed by atoms with Gasteiger partial charge >= 0.3 is 8.97 Å². The zero-order chi connectivity index (χ0) is 22.7. The smallest absolute Gasteiger partial charge is 0.361 e. The van der Waals surface area contributed by atoms with Gasteiger partial charge in [0.05, 0.1) is 6.61 Å². The Labute approximate surface area is 199 Å². The lowest BCUT2D eigenvalue weighted by Gasteiger charge is -2.45. The molecule has 3 saturated carbocycles. The first-order chi connectivity index (χ1) is 15.7. The van der Waals surface area contributed by atoms with Gasteiger partial charge in [-0.25, -0.2) is 0 Å². The van der Waals surface area contributed by atoms with E-state index in [1.165, 1.54) is 96.3 Å². The molecule has 6 heteroatoms. The van der Waals surface area contributed by atoms with Crippen molar-refractivity contribution in [2.45, 2.75) is 129 Å². The van der Waals surface area contributed by atoms with Crippen LogP contribution in [0.1, 0.15) is 117 Å². The van der Waals surface area contributed by atoms with E-state index < -0.39 is 8.97 Å². The Kier molecular flexibility index (Phi) is 12.0. The number of rotatable bonds is 13. The van der Waals surface area contributed by atoms with Crippen LogP contribution < -0.4 is 5.73 Å². The van der Waals surface area contributed by atoms with Gasteiger partial charge in [0, 0.05) is 31.8 Å². The molecule has 0 spiro atoms. The molecule has 3 fully saturated rings. The number of nitrogens with zero attached hydrogens (tertiary/aromatic N) is 1. The molecule has 5 nitrogen and oxygen atoms in total. The third kappa shape index (κ3) is 8.05. The maximum atomic E-state index is 6.77. The Bertz CT molecular complexity index is 485. The fourth-order valence-corrected chi connectivity index (χ4v) is 9.48. The lowest BCUT2D eigenvalue weighted by atomic mass is 9.85. The summed E-state index contributed by atoms with van der Waals surface area (Å²) in [5.41, 5.74) is 6.63. The maximum Gasteiger partial charge on any atom is 0.599 e. The van der Waals surface area contributed by atoms with Crippen LogP contribution in [-0.2, 0) is 13.3 Å². The van der Waals surface area contributed by atoms with Crippen molar-refractivity contribution >= 4 is 8.97 Å². The van der Waals surface area contributed by atoms with Gasteiger partial charge in [0.1, 0.15) is 0 Å². The molecule has 2 N–H and O–H groups in total. The molecule has 32 heavy (non-hydrogen) atoms. The third-order valence-electron chi connectivity index (χ3n) is 8.04. The third-order valence-corrected chi connectivity index (χ3v) is 11.1. The van der Waals surface area contributed by atoms with Gasteiger partial charge < -0.3 is 19.0 Å². The minimum Gasteiger partial charge on any atom is -0.361 e. The summed E-state index contributed by atoms with van der Waals surface area (Å²) in [6.45, 7) is 7.10. The van der Waals surface area contributed by atoms with Crippen LogP contribution in [0.15, 0.2) is 0 Å². The van der Waals surface area contributed by atoms with E-state index >= 15 is 0 Å². The van der Waals surface area contributed by atoms with E-state index in [4.69, 9.17) is 19.0 Å². The summed E-state index contributed by atoms with van der Waals surface area (Å²) >= 11 is 0. The Morgan fingerprint density at radius 1 is 0.719 bits per heavy atom. The van der Waals surface area contributed by atoms with E-state index in [0.29, 0.717) is 25.9 Å². The lowest BCUT2D eigenvalue weighted by Crippen LogP contribution is -2.66. The largest absolute Gasteiger partial charge is 0.599 e. The Hall–Kier alpha value is 0.0169. The van der Waals surface area contributed by atoms with E-state index in [-0.39, 0.29) is 6.04 Å². The van der Waals surface area contributed by atoms with Crippen molar-refractivity contribution in [1.29, 1.82) is 0 Å². The monoisotopic (exact) mass is 468 g/mol. The second kappa shape index (κ2) is 14.4. The van der Waals surface area contributed by atoms with E-state index in [1.54, 1.807) is 0 Å². The number of hydrogen-bond donors (Lipinski definition) is 1. The molecule has 0 aromatic heterocycles. The Morgan fingerprint density at radius 3 is 1.75 bits per heavy atom. The van der Waals surface area contributed by atoms with Gasteiger partial charge in [-0.3, -0.25) is 4.57 Å². The van der Waals surface area contributed by atoms with E-state index in [1.807, 2.05) is 0 Å². The fourth-order valence-electron chi connectivity index (χ4n) is 6.39. The van der Waals surface area contributed by atoms with Crippen LogP contribution in [0.25, 0.3) is 0 Å². The van der Waals surface area contributed by atoms with E-state index in [0.717, 1.165) is 24.8 Å². The van der Waals surface area contributed by atoms with E-state index in [2.05, 4.69) is 18.4 Å². The minimum atomic E-state index is -2.97. The van der Waals surface area contributed by atoms with Crippen molar-refractivity contribution in [3.63, 3.8) is 0 Å². The first-order valence-corrected chi connectivity index (χ1v) is 15.8. The fraction of sp³-hybridized carbons (Fsp3) is 1.00. The minimum absolute atomic E-state index is 0.0776. The highest BCUT2D eigenvalue weighted by Crippen LogP contribution is 2.33. The second-order valence-corrected chi connectivity index (χ2v) is 13.1. The summed E-state index contributed by atoms with van der Waals surface area (Å²) in [6, 6.07) is 0.610. The summed E-state index contributed by atoms with van der Waals surface area (Å²) in [7, 11) is -2.97. The van der Waals surface area contributed by atoms with Crippen LogP contribution in [0, 0.1) is 11.8 Å². The van der Waals surface area contributed by atoms with Crippen LogP contribution in [0.4, 0.5) is 0 Å². The molecular formula is C26H52N2O3Si. The predicted octanol–water partition coefficient (Wildman–Crippen LogP) is 6.02. The first-order valence-electron chi connectivity index (χ1n) is 14.1. The average molecular weight is 469 g/mol. The van der Waals surface area contributed by atoms with Crippen molar-refractivity contribution in [3.05, 3.63) is 0 Å². The zero-order valence-electron chi connectivity index (χ0n) is 21.2. The molecule has 3 rings (SSSR count). The Morgan fingerprint density at radius 2 is 1.22 bits per heavy atom. The van der Waals surface area contributed by atoms with Gasteiger partial charge in [0.2, 0.25) is 0 Å². The molecule has 0 bridgehead atoms. The van der Waals surface area contributed by atoms with Crippen LogP contribution in [-0.4, -0.2) is 52.0 Å². The topological polar surface area (TPSA) is 57.0 Å². The molecule has 0 aromatic rings. The molecule has 0 aromatic carbocycles. The van der Waals surface area contributed by atoms with Gasteiger partial charge in [-0.2, -0.15) is 0 Å². The van der Waals surface area contributed by atoms with Crippen molar-refractivity contribution in [2.75, 3.05) is 26.4 Å². The molecule has 188 valence electrons. The molecule has 0 amide bonds. The first kappa shape index (κ1) is 26.6. The van der Waals surface area contributed by atoms with Crippen molar-refractivity contribution < 1.29 is 13.3 Å². The molecule has 0 saturated heterocycles. The number of hydrogen-bond acceptors (Lipinski definition) is 5. The highest BCUT2D eigenvalue weighted by atomic mass is 28.4. The van der Waals surface area contributed by atoms with Crippen LogP contribution in [0.3, 0.4) is 0 Å². The molecular weight excluding hydrogens is 416 g/mol. The lowest BCUT2D eigenvalue weighted by molar-refractivity contribution is -0.0137. The van der Waals surface area contributed by atoms with Crippen molar-refractivity contribution in [2.24, 2.45) is 17.6 Å². The molecule has 3 aliphatic carbocycles. The summed E-state index contributed by atoms with van der Waals surface area (Å²) in [4.78, 5) is 0. The second-order valence-electron chi connectivity index (χ2n) is 10.6. The molecule has 0 radical (unpaired) electrons. The zero-order valence-corrected chi connectivity index (χ0v) is 22.2. The standard InChI is InChI=1S/C26H52N2O3Si/c1-3-29-32(30-4-2,31-22-25(27)20-23-14-8-5-9-15-23)28(26-18-12-7-13-19-26)21-24-16-10-6-11-17-24/h23-26H,3-22,27H2,1-2H3. The van der Waals surface area contributed by atoms with Crippen LogP contribution in [0.2, 0.25) is 0 Å². The summed E-state index contributed by atoms with van der Waals surface area (Å²) in [5, 5.41) is 0. The number of nitrogens with two attached hydrogens (primary N) is 1. The van der Waals surface area contributed by atoms with Crippen molar-refractivity contribution in [1.82, 2.24) is 4.57 Å². The highest BCUT2D eigenvalue weighted by molar-refractivity contribution is 6.57. The molecule has 0 heterocycles. The van der Waals surface area contributed by atoms with Crippen molar-refractivity contribution in [3.8, 4) is 0 Å². The van der Waals surface area contributed by atoms with Crippen LogP contribution >= 0.6 is 0 Å². The molecule has 0 aliphatic heterocycles. The normalized spacial score (nSPS) is 23.6.